The van der Waals surface area contributed by atoms with Crippen molar-refractivity contribution in [3.63, 3.8) is 0 Å². The van der Waals surface area contributed by atoms with Crippen LogP contribution in [0, 0.1) is 0 Å². The highest BCUT2D eigenvalue weighted by Gasteiger charge is 2.42. The van der Waals surface area contributed by atoms with Gasteiger partial charge in [0.1, 0.15) is 34.5 Å². The molecular weight excluding hydrogens is 429 g/mol. The molecular formula is C21H17B3O9. The van der Waals surface area contributed by atoms with Crippen LogP contribution in [-0.2, 0) is 14.0 Å². The molecule has 0 saturated heterocycles. The number of para-hydroxylation sites is 6. The highest BCUT2D eigenvalue weighted by molar-refractivity contribution is 6.41. The molecule has 3 aliphatic heterocycles. The van der Waals surface area contributed by atoms with E-state index in [1.165, 1.54) is 0 Å². The third-order valence-electron chi connectivity index (χ3n) is 5.03. The Balaban J connectivity index is 1.07. The molecule has 0 amide bonds. The van der Waals surface area contributed by atoms with E-state index in [1.807, 2.05) is 36.4 Å². The zero-order valence-electron chi connectivity index (χ0n) is 17.3. The van der Waals surface area contributed by atoms with Crippen LogP contribution < -0.4 is 27.9 Å². The van der Waals surface area contributed by atoms with Crippen molar-refractivity contribution in [2.45, 2.75) is 6.10 Å². The molecule has 0 bridgehead atoms. The van der Waals surface area contributed by atoms with Gasteiger partial charge in [-0.25, -0.2) is 0 Å². The van der Waals surface area contributed by atoms with Crippen molar-refractivity contribution in [2.75, 3.05) is 13.2 Å². The maximum atomic E-state index is 5.95. The molecule has 0 N–H and O–H groups in total. The molecule has 0 spiro atoms. The van der Waals surface area contributed by atoms with E-state index in [0.29, 0.717) is 34.5 Å². The van der Waals surface area contributed by atoms with Crippen molar-refractivity contribution in [1.82, 2.24) is 0 Å². The summed E-state index contributed by atoms with van der Waals surface area (Å²) in [6, 6.07) is 22.0. The molecule has 0 aromatic heterocycles. The Hall–Kier alpha value is -3.47. The summed E-state index contributed by atoms with van der Waals surface area (Å²) in [5.41, 5.74) is 0. The van der Waals surface area contributed by atoms with E-state index in [-0.39, 0.29) is 13.2 Å². The van der Waals surface area contributed by atoms with Gasteiger partial charge in [0.15, 0.2) is 0 Å². The maximum absolute atomic E-state index is 5.95. The molecule has 33 heavy (non-hydrogen) atoms. The van der Waals surface area contributed by atoms with Gasteiger partial charge >= 0.3 is 22.0 Å². The predicted molar refractivity (Wildman–Crippen MR) is 117 cm³/mol. The van der Waals surface area contributed by atoms with Gasteiger partial charge < -0.3 is 41.9 Å². The second-order valence-electron chi connectivity index (χ2n) is 7.34. The zero-order valence-corrected chi connectivity index (χ0v) is 17.3. The Kier molecular flexibility index (Phi) is 5.39. The molecule has 6 rings (SSSR count). The number of rotatable bonds is 8. The second-order valence-corrected chi connectivity index (χ2v) is 7.34. The highest BCUT2D eigenvalue weighted by Crippen LogP contribution is 2.35. The second kappa shape index (κ2) is 8.82. The first kappa shape index (κ1) is 20.2. The van der Waals surface area contributed by atoms with Gasteiger partial charge in [-0.3, -0.25) is 0 Å². The van der Waals surface area contributed by atoms with Crippen LogP contribution in [0.15, 0.2) is 72.8 Å². The number of benzene rings is 3. The van der Waals surface area contributed by atoms with E-state index in [0.717, 1.165) is 0 Å². The molecule has 3 aromatic rings. The van der Waals surface area contributed by atoms with E-state index in [9.17, 15) is 0 Å². The highest BCUT2D eigenvalue weighted by atomic mass is 16.8. The van der Waals surface area contributed by atoms with Gasteiger partial charge in [0, 0.05) is 0 Å². The fourth-order valence-corrected chi connectivity index (χ4v) is 3.48. The fourth-order valence-electron chi connectivity index (χ4n) is 3.48. The molecule has 0 radical (unpaired) electrons. The summed E-state index contributed by atoms with van der Waals surface area (Å²) in [5.74, 6) is 3.64. The molecule has 3 aromatic carbocycles. The molecule has 164 valence electrons. The Morgan fingerprint density at radius 1 is 0.485 bits per heavy atom. The average molecular weight is 446 g/mol. The first-order valence-electron chi connectivity index (χ1n) is 10.5. The van der Waals surface area contributed by atoms with Crippen molar-refractivity contribution in [3.05, 3.63) is 72.8 Å². The van der Waals surface area contributed by atoms with Gasteiger partial charge in [0.2, 0.25) is 0 Å². The van der Waals surface area contributed by atoms with E-state index < -0.39 is 28.1 Å². The fraction of sp³-hybridized carbons (Fsp3) is 0.143. The monoisotopic (exact) mass is 446 g/mol. The third kappa shape index (κ3) is 4.41. The predicted octanol–water partition coefficient (Wildman–Crippen LogP) is 2.77. The molecule has 0 aliphatic carbocycles. The Labute approximate surface area is 190 Å². The number of hydrogen-bond donors (Lipinski definition) is 0. The topological polar surface area (TPSA) is 83.1 Å². The summed E-state index contributed by atoms with van der Waals surface area (Å²) in [5, 5.41) is 0. The van der Waals surface area contributed by atoms with Crippen molar-refractivity contribution in [1.29, 1.82) is 0 Å². The lowest BCUT2D eigenvalue weighted by molar-refractivity contribution is 0.0329. The van der Waals surface area contributed by atoms with Crippen molar-refractivity contribution < 1.29 is 41.9 Å². The Bertz CT molecular complexity index is 999. The number of fused-ring (bicyclic) bond motifs is 3. The largest absolute Gasteiger partial charge is 0.788 e. The van der Waals surface area contributed by atoms with Crippen LogP contribution in [0.5, 0.6) is 34.5 Å². The minimum atomic E-state index is -0.954. The van der Waals surface area contributed by atoms with Crippen LogP contribution in [0.1, 0.15) is 0 Å². The summed E-state index contributed by atoms with van der Waals surface area (Å²) >= 11 is 0. The van der Waals surface area contributed by atoms with Crippen LogP contribution in [-0.4, -0.2) is 41.3 Å². The van der Waals surface area contributed by atoms with Crippen LogP contribution in [0.2, 0.25) is 0 Å². The molecule has 3 heterocycles. The normalized spacial score (nSPS) is 15.0. The summed E-state index contributed by atoms with van der Waals surface area (Å²) in [4.78, 5) is 0. The zero-order chi connectivity index (χ0) is 22.0. The quantitative estimate of drug-likeness (QED) is 0.486. The van der Waals surface area contributed by atoms with Crippen LogP contribution in [0.4, 0.5) is 0 Å². The van der Waals surface area contributed by atoms with Crippen molar-refractivity contribution in [2.24, 2.45) is 0 Å². The van der Waals surface area contributed by atoms with E-state index in [2.05, 4.69) is 0 Å². The molecule has 0 fully saturated rings. The smallest absolute Gasteiger partial charge is 0.498 e. The van der Waals surface area contributed by atoms with Gasteiger partial charge in [0.25, 0.3) is 0 Å². The lowest BCUT2D eigenvalue weighted by Gasteiger charge is -2.19. The molecule has 0 unspecified atom stereocenters. The molecule has 0 atom stereocenters. The summed E-state index contributed by atoms with van der Waals surface area (Å²) < 4.78 is 51.5. The summed E-state index contributed by atoms with van der Waals surface area (Å²) in [7, 11) is -2.76. The van der Waals surface area contributed by atoms with Crippen molar-refractivity contribution in [3.8, 4) is 34.5 Å². The van der Waals surface area contributed by atoms with Gasteiger partial charge in [0.05, 0.1) is 19.3 Å². The van der Waals surface area contributed by atoms with Crippen LogP contribution in [0.3, 0.4) is 0 Å². The molecule has 12 heteroatoms. The average Bonchev–Trinajstić information content (AvgIpc) is 3.55. The first-order chi connectivity index (χ1) is 16.3. The van der Waals surface area contributed by atoms with Gasteiger partial charge in [-0.15, -0.1) is 0 Å². The minimum Gasteiger partial charge on any atom is -0.498 e. The summed E-state index contributed by atoms with van der Waals surface area (Å²) in [6.45, 7) is 0.135. The minimum absolute atomic E-state index is 0.0674. The van der Waals surface area contributed by atoms with Crippen LogP contribution in [0.25, 0.3) is 0 Å². The first-order valence-corrected chi connectivity index (χ1v) is 10.5. The molecule has 0 saturated carbocycles. The van der Waals surface area contributed by atoms with E-state index in [1.54, 1.807) is 36.4 Å². The van der Waals surface area contributed by atoms with Gasteiger partial charge in [-0.05, 0) is 36.4 Å². The van der Waals surface area contributed by atoms with Crippen LogP contribution >= 0.6 is 0 Å². The third-order valence-corrected chi connectivity index (χ3v) is 5.03. The van der Waals surface area contributed by atoms with Gasteiger partial charge in [-0.2, -0.15) is 0 Å². The van der Waals surface area contributed by atoms with E-state index >= 15 is 0 Å². The Morgan fingerprint density at radius 2 is 0.788 bits per heavy atom. The maximum Gasteiger partial charge on any atom is 0.788 e. The van der Waals surface area contributed by atoms with Gasteiger partial charge in [-0.1, -0.05) is 36.4 Å². The van der Waals surface area contributed by atoms with Crippen molar-refractivity contribution >= 4 is 22.0 Å². The summed E-state index contributed by atoms with van der Waals surface area (Å²) in [6.07, 6.45) is -0.615. The number of hydrogen-bond acceptors (Lipinski definition) is 9. The lowest BCUT2D eigenvalue weighted by atomic mass is 10.2. The molecule has 3 aliphatic rings. The Morgan fingerprint density at radius 3 is 1.12 bits per heavy atom. The molecule has 9 nitrogen and oxygen atoms in total. The standard InChI is InChI=1S/C21H17B3O9/c1-2-8-17-16(7-1)28-22(29-17)25-13-15(27-24-32-20-11-5-6-12-21(20)33-24)14-26-23-30-18-9-3-4-10-19(18)31-23/h1-12,15H,13-14H2. The lowest BCUT2D eigenvalue weighted by Crippen LogP contribution is -2.43. The SMILES string of the molecule is c1ccc2c(c1)OB(OCC(COB1Oc3ccccc3O1)OB1Oc3ccccc3O1)O2. The van der Waals surface area contributed by atoms with E-state index in [4.69, 9.17) is 41.9 Å².